The molecule has 2 heterocycles. The van der Waals surface area contributed by atoms with Gasteiger partial charge in [-0.2, -0.15) is 0 Å². The Hall–Kier alpha value is -2.66. The summed E-state index contributed by atoms with van der Waals surface area (Å²) in [6.07, 6.45) is 5.71. The van der Waals surface area contributed by atoms with Crippen LogP contribution in [0.3, 0.4) is 0 Å². The molecule has 0 atom stereocenters. The van der Waals surface area contributed by atoms with Crippen molar-refractivity contribution < 1.29 is 4.79 Å². The lowest BCUT2D eigenvalue weighted by Crippen LogP contribution is -2.38. The molecular weight excluding hydrogens is 366 g/mol. The molecule has 0 aliphatic carbocycles. The molecule has 1 aliphatic heterocycles. The predicted octanol–water partition coefficient (Wildman–Crippen LogP) is 4.89. The monoisotopic (exact) mass is 389 g/mol. The molecule has 28 heavy (non-hydrogen) atoms. The summed E-state index contributed by atoms with van der Waals surface area (Å²) < 4.78 is 0. The number of benzene rings is 2. The van der Waals surface area contributed by atoms with Crippen molar-refractivity contribution in [2.45, 2.75) is 23.7 Å². The van der Waals surface area contributed by atoms with E-state index in [1.165, 1.54) is 0 Å². The average molecular weight is 390 g/mol. The minimum Gasteiger partial charge on any atom is -0.339 e. The smallest absolute Gasteiger partial charge is 0.254 e. The summed E-state index contributed by atoms with van der Waals surface area (Å²) in [6, 6.07) is 19.9. The molecule has 0 radical (unpaired) electrons. The van der Waals surface area contributed by atoms with Gasteiger partial charge in [0.2, 0.25) is 0 Å². The number of carbonyl (C=O) groups is 1. The third-order valence-electron chi connectivity index (χ3n) is 5.25. The Kier molecular flexibility index (Phi) is 5.72. The number of thioether (sulfide) groups is 1. The Balaban J connectivity index is 1.45. The first-order valence-corrected chi connectivity index (χ1v) is 10.8. The number of rotatable bonds is 4. The van der Waals surface area contributed by atoms with Crippen LogP contribution in [0.2, 0.25) is 0 Å². The lowest BCUT2D eigenvalue weighted by Gasteiger charge is -2.32. The van der Waals surface area contributed by atoms with Crippen LogP contribution in [-0.2, 0) is 0 Å². The standard InChI is InChI=1S/C23H23N3OS/c1-28-21-10-6-5-9-19(21)23(27)26-15-12-17(13-16-26)20-11-14-24-22(25-20)18-7-3-2-4-8-18/h2-11,14,17H,12-13,15-16H2,1H3. The van der Waals surface area contributed by atoms with E-state index in [0.29, 0.717) is 5.92 Å². The van der Waals surface area contributed by atoms with E-state index in [1.54, 1.807) is 11.8 Å². The first-order chi connectivity index (χ1) is 13.8. The van der Waals surface area contributed by atoms with E-state index in [1.807, 2.05) is 78.0 Å². The predicted molar refractivity (Wildman–Crippen MR) is 114 cm³/mol. The molecule has 1 aliphatic rings. The van der Waals surface area contributed by atoms with Gasteiger partial charge in [0.1, 0.15) is 0 Å². The van der Waals surface area contributed by atoms with Crippen molar-refractivity contribution >= 4 is 17.7 Å². The second-order valence-electron chi connectivity index (χ2n) is 6.94. The van der Waals surface area contributed by atoms with Crippen LogP contribution < -0.4 is 0 Å². The maximum atomic E-state index is 12.9. The van der Waals surface area contributed by atoms with Crippen LogP contribution in [0.5, 0.6) is 0 Å². The van der Waals surface area contributed by atoms with Crippen molar-refractivity contribution in [1.82, 2.24) is 14.9 Å². The van der Waals surface area contributed by atoms with E-state index < -0.39 is 0 Å². The van der Waals surface area contributed by atoms with Crippen molar-refractivity contribution in [2.75, 3.05) is 19.3 Å². The van der Waals surface area contributed by atoms with Gasteiger partial charge in [-0.3, -0.25) is 4.79 Å². The fourth-order valence-electron chi connectivity index (χ4n) is 3.70. The van der Waals surface area contributed by atoms with Crippen LogP contribution >= 0.6 is 11.8 Å². The first-order valence-electron chi connectivity index (χ1n) is 9.57. The van der Waals surface area contributed by atoms with Crippen molar-refractivity contribution in [2.24, 2.45) is 0 Å². The van der Waals surface area contributed by atoms with Crippen molar-refractivity contribution in [3.05, 3.63) is 78.1 Å². The average Bonchev–Trinajstić information content (AvgIpc) is 2.79. The van der Waals surface area contributed by atoms with Gasteiger partial charge < -0.3 is 4.90 Å². The Bertz CT molecular complexity index is 953. The summed E-state index contributed by atoms with van der Waals surface area (Å²) in [4.78, 5) is 25.2. The summed E-state index contributed by atoms with van der Waals surface area (Å²) in [7, 11) is 0. The van der Waals surface area contributed by atoms with Crippen LogP contribution in [0, 0.1) is 0 Å². The zero-order valence-electron chi connectivity index (χ0n) is 15.9. The van der Waals surface area contributed by atoms with E-state index in [4.69, 9.17) is 4.98 Å². The number of amides is 1. The van der Waals surface area contributed by atoms with Crippen LogP contribution in [-0.4, -0.2) is 40.1 Å². The third-order valence-corrected chi connectivity index (χ3v) is 6.04. The van der Waals surface area contributed by atoms with Crippen molar-refractivity contribution in [3.63, 3.8) is 0 Å². The van der Waals surface area contributed by atoms with E-state index in [0.717, 1.165) is 53.5 Å². The zero-order chi connectivity index (χ0) is 19.3. The van der Waals surface area contributed by atoms with Gasteiger partial charge in [0.05, 0.1) is 5.56 Å². The van der Waals surface area contributed by atoms with Gasteiger partial charge in [0, 0.05) is 41.4 Å². The zero-order valence-corrected chi connectivity index (χ0v) is 16.7. The lowest BCUT2D eigenvalue weighted by molar-refractivity contribution is 0.0708. The summed E-state index contributed by atoms with van der Waals surface area (Å²) in [5.74, 6) is 1.27. The Labute approximate surface area is 170 Å². The van der Waals surface area contributed by atoms with Gasteiger partial charge in [-0.15, -0.1) is 11.8 Å². The number of nitrogens with zero attached hydrogens (tertiary/aromatic N) is 3. The van der Waals surface area contributed by atoms with Crippen LogP contribution in [0.15, 0.2) is 71.8 Å². The Morgan fingerprint density at radius 2 is 1.71 bits per heavy atom. The number of hydrogen-bond acceptors (Lipinski definition) is 4. The number of carbonyl (C=O) groups excluding carboxylic acids is 1. The fraction of sp³-hybridized carbons (Fsp3) is 0.261. The minimum atomic E-state index is 0.135. The second-order valence-corrected chi connectivity index (χ2v) is 7.79. The quantitative estimate of drug-likeness (QED) is 0.596. The Morgan fingerprint density at radius 3 is 2.46 bits per heavy atom. The van der Waals surface area contributed by atoms with Gasteiger partial charge in [0.25, 0.3) is 5.91 Å². The van der Waals surface area contributed by atoms with Crippen molar-refractivity contribution in [3.8, 4) is 11.4 Å². The van der Waals surface area contributed by atoms with E-state index in [2.05, 4.69) is 4.98 Å². The molecule has 0 N–H and O–H groups in total. The molecule has 142 valence electrons. The fourth-order valence-corrected chi connectivity index (χ4v) is 4.29. The molecule has 2 aromatic carbocycles. The maximum Gasteiger partial charge on any atom is 0.254 e. The number of likely N-dealkylation sites (tertiary alicyclic amines) is 1. The van der Waals surface area contributed by atoms with E-state index in [-0.39, 0.29) is 5.91 Å². The van der Waals surface area contributed by atoms with Crippen LogP contribution in [0.25, 0.3) is 11.4 Å². The lowest BCUT2D eigenvalue weighted by atomic mass is 9.93. The summed E-state index contributed by atoms with van der Waals surface area (Å²) in [5, 5.41) is 0. The van der Waals surface area contributed by atoms with Crippen molar-refractivity contribution in [1.29, 1.82) is 0 Å². The molecule has 0 unspecified atom stereocenters. The molecule has 4 rings (SSSR count). The molecule has 5 heteroatoms. The minimum absolute atomic E-state index is 0.135. The highest BCUT2D eigenvalue weighted by Gasteiger charge is 2.26. The molecule has 4 nitrogen and oxygen atoms in total. The molecule has 3 aromatic rings. The topological polar surface area (TPSA) is 46.1 Å². The molecular formula is C23H23N3OS. The van der Waals surface area contributed by atoms with Gasteiger partial charge >= 0.3 is 0 Å². The number of aromatic nitrogens is 2. The summed E-state index contributed by atoms with van der Waals surface area (Å²) in [5.41, 5.74) is 2.91. The SMILES string of the molecule is CSc1ccccc1C(=O)N1CCC(c2ccnc(-c3ccccc3)n2)CC1. The first kappa shape index (κ1) is 18.7. The van der Waals surface area contributed by atoms with Gasteiger partial charge in [-0.25, -0.2) is 9.97 Å². The van der Waals surface area contributed by atoms with Crippen LogP contribution in [0.4, 0.5) is 0 Å². The Morgan fingerprint density at radius 1 is 1.00 bits per heavy atom. The van der Waals surface area contributed by atoms with Gasteiger partial charge in [-0.05, 0) is 37.3 Å². The second kappa shape index (κ2) is 8.57. The summed E-state index contributed by atoms with van der Waals surface area (Å²) >= 11 is 1.62. The molecule has 0 spiro atoms. The maximum absolute atomic E-state index is 12.9. The highest BCUT2D eigenvalue weighted by molar-refractivity contribution is 7.98. The third kappa shape index (κ3) is 3.94. The van der Waals surface area contributed by atoms with Gasteiger partial charge in [0.15, 0.2) is 5.82 Å². The molecule has 1 amide bonds. The largest absolute Gasteiger partial charge is 0.339 e. The summed E-state index contributed by atoms with van der Waals surface area (Å²) in [6.45, 7) is 1.52. The highest BCUT2D eigenvalue weighted by atomic mass is 32.2. The van der Waals surface area contributed by atoms with Gasteiger partial charge in [-0.1, -0.05) is 42.5 Å². The molecule has 0 saturated carbocycles. The van der Waals surface area contributed by atoms with Crippen LogP contribution in [0.1, 0.15) is 34.8 Å². The normalized spacial score (nSPS) is 14.8. The molecule has 0 bridgehead atoms. The molecule has 1 aromatic heterocycles. The number of hydrogen-bond donors (Lipinski definition) is 0. The highest BCUT2D eigenvalue weighted by Crippen LogP contribution is 2.29. The number of piperidine rings is 1. The van der Waals surface area contributed by atoms with E-state index in [9.17, 15) is 4.79 Å². The molecule has 1 fully saturated rings. The molecule has 1 saturated heterocycles. The van der Waals surface area contributed by atoms with E-state index >= 15 is 0 Å².